The molecule has 1 atom stereocenters. The largest absolute Gasteiger partial charge is 0.417 e. The van der Waals surface area contributed by atoms with Crippen molar-refractivity contribution in [3.05, 3.63) is 84.2 Å². The first-order valence-electron chi connectivity index (χ1n) is 8.80. The maximum absolute atomic E-state index is 13.7. The summed E-state index contributed by atoms with van der Waals surface area (Å²) in [5.74, 6) is 0.349. The van der Waals surface area contributed by atoms with Gasteiger partial charge in [0, 0.05) is 11.5 Å². The minimum absolute atomic E-state index is 0.0615. The van der Waals surface area contributed by atoms with Crippen molar-refractivity contribution in [1.82, 2.24) is 10.1 Å². The number of alkyl halides is 3. The molecule has 2 aromatic carbocycles. The summed E-state index contributed by atoms with van der Waals surface area (Å²) in [6.07, 6.45) is 2.99. The van der Waals surface area contributed by atoms with Gasteiger partial charge in [-0.1, -0.05) is 72.8 Å². The Labute approximate surface area is 161 Å². The van der Waals surface area contributed by atoms with E-state index in [-0.39, 0.29) is 22.9 Å². The monoisotopic (exact) mass is 384 g/mol. The molecule has 0 aliphatic rings. The zero-order chi connectivity index (χ0) is 20.1. The molecule has 1 heterocycles. The van der Waals surface area contributed by atoms with Crippen LogP contribution in [-0.4, -0.2) is 10.1 Å². The second-order valence-corrected chi connectivity index (χ2v) is 6.28. The SMILES string of the molecule is C/C=C\C=C/C(C)c1noc(-c2ccc(-c3ccccc3)c(C(F)(F)F)c2)n1. The third kappa shape index (κ3) is 4.39. The van der Waals surface area contributed by atoms with Crippen LogP contribution in [0.5, 0.6) is 0 Å². The summed E-state index contributed by atoms with van der Waals surface area (Å²) >= 11 is 0. The fourth-order valence-electron chi connectivity index (χ4n) is 2.75. The van der Waals surface area contributed by atoms with E-state index < -0.39 is 11.7 Å². The Bertz CT molecular complexity index is 989. The van der Waals surface area contributed by atoms with Crippen molar-refractivity contribution in [2.75, 3.05) is 0 Å². The second kappa shape index (κ2) is 8.25. The number of hydrogen-bond acceptors (Lipinski definition) is 3. The molecule has 3 aromatic rings. The number of hydrogen-bond donors (Lipinski definition) is 0. The summed E-state index contributed by atoms with van der Waals surface area (Å²) < 4.78 is 46.2. The molecule has 144 valence electrons. The molecule has 1 unspecified atom stereocenters. The average molecular weight is 384 g/mol. The molecular formula is C22H19F3N2O. The lowest BCUT2D eigenvalue weighted by Crippen LogP contribution is -2.07. The van der Waals surface area contributed by atoms with E-state index in [4.69, 9.17) is 4.52 Å². The Morgan fingerprint density at radius 1 is 1.00 bits per heavy atom. The standard InChI is InChI=1S/C22H19F3N2O/c1-3-4-6-9-15(2)20-26-21(28-27-20)17-12-13-18(16-10-7-5-8-11-16)19(14-17)22(23,24)25/h3-15H,1-2H3/b4-3-,9-6-. The van der Waals surface area contributed by atoms with Crippen LogP contribution < -0.4 is 0 Å². The lowest BCUT2D eigenvalue weighted by molar-refractivity contribution is -0.137. The lowest BCUT2D eigenvalue weighted by atomic mass is 9.97. The normalized spacial score (nSPS) is 13.5. The zero-order valence-corrected chi connectivity index (χ0v) is 15.4. The number of allylic oxidation sites excluding steroid dienone is 4. The summed E-state index contributed by atoms with van der Waals surface area (Å²) in [4.78, 5) is 4.26. The molecule has 28 heavy (non-hydrogen) atoms. The molecule has 0 aliphatic carbocycles. The highest BCUT2D eigenvalue weighted by atomic mass is 19.4. The summed E-state index contributed by atoms with van der Waals surface area (Å²) in [5.41, 5.74) is 0.0990. The number of nitrogens with zero attached hydrogens (tertiary/aromatic N) is 2. The summed E-state index contributed by atoms with van der Waals surface area (Å²) in [6.45, 7) is 3.78. The van der Waals surface area contributed by atoms with E-state index in [2.05, 4.69) is 10.1 Å². The van der Waals surface area contributed by atoms with Crippen LogP contribution in [-0.2, 0) is 6.18 Å². The van der Waals surface area contributed by atoms with Crippen molar-refractivity contribution >= 4 is 0 Å². The van der Waals surface area contributed by atoms with Crippen LogP contribution in [0.2, 0.25) is 0 Å². The third-order valence-electron chi connectivity index (χ3n) is 4.21. The lowest BCUT2D eigenvalue weighted by Gasteiger charge is -2.14. The Morgan fingerprint density at radius 3 is 2.43 bits per heavy atom. The topological polar surface area (TPSA) is 38.9 Å². The van der Waals surface area contributed by atoms with Crippen molar-refractivity contribution in [3.63, 3.8) is 0 Å². The van der Waals surface area contributed by atoms with Gasteiger partial charge in [0.1, 0.15) is 0 Å². The molecule has 0 radical (unpaired) electrons. The van der Waals surface area contributed by atoms with E-state index in [1.165, 1.54) is 6.07 Å². The van der Waals surface area contributed by atoms with Crippen LogP contribution in [0.25, 0.3) is 22.6 Å². The van der Waals surface area contributed by atoms with Gasteiger partial charge in [0.25, 0.3) is 5.89 Å². The maximum Gasteiger partial charge on any atom is 0.417 e. The highest BCUT2D eigenvalue weighted by Crippen LogP contribution is 2.39. The molecule has 6 heteroatoms. The fraction of sp³-hybridized carbons (Fsp3) is 0.182. The smallest absolute Gasteiger partial charge is 0.334 e. The molecule has 0 aliphatic heterocycles. The minimum atomic E-state index is -4.51. The fourth-order valence-corrected chi connectivity index (χ4v) is 2.75. The predicted molar refractivity (Wildman–Crippen MR) is 103 cm³/mol. The van der Waals surface area contributed by atoms with Gasteiger partial charge in [-0.05, 0) is 30.2 Å². The highest BCUT2D eigenvalue weighted by molar-refractivity contribution is 5.72. The molecule has 1 aromatic heterocycles. The number of halogens is 3. The summed E-state index contributed by atoms with van der Waals surface area (Å²) in [7, 11) is 0. The van der Waals surface area contributed by atoms with Gasteiger partial charge in [0.15, 0.2) is 5.82 Å². The third-order valence-corrected chi connectivity index (χ3v) is 4.21. The van der Waals surface area contributed by atoms with Crippen LogP contribution in [0.15, 0.2) is 77.4 Å². The molecular weight excluding hydrogens is 365 g/mol. The van der Waals surface area contributed by atoms with Crippen LogP contribution in [0.1, 0.15) is 31.2 Å². The highest BCUT2D eigenvalue weighted by Gasteiger charge is 2.34. The second-order valence-electron chi connectivity index (χ2n) is 6.28. The maximum atomic E-state index is 13.7. The number of aromatic nitrogens is 2. The number of rotatable bonds is 5. The van der Waals surface area contributed by atoms with Gasteiger partial charge < -0.3 is 4.52 Å². The van der Waals surface area contributed by atoms with Gasteiger partial charge in [-0.25, -0.2) is 0 Å². The average Bonchev–Trinajstić information content (AvgIpc) is 3.18. The van der Waals surface area contributed by atoms with E-state index in [9.17, 15) is 13.2 Å². The van der Waals surface area contributed by atoms with Gasteiger partial charge in [0.05, 0.1) is 5.56 Å². The first-order valence-corrected chi connectivity index (χ1v) is 8.80. The predicted octanol–water partition coefficient (Wildman–Crippen LogP) is 6.66. The molecule has 0 spiro atoms. The molecule has 0 saturated carbocycles. The Morgan fingerprint density at radius 2 is 1.75 bits per heavy atom. The Balaban J connectivity index is 1.98. The summed E-state index contributed by atoms with van der Waals surface area (Å²) in [5, 5.41) is 3.90. The molecule has 0 saturated heterocycles. The van der Waals surface area contributed by atoms with E-state index in [1.807, 2.05) is 38.2 Å². The van der Waals surface area contributed by atoms with Crippen LogP contribution in [0.4, 0.5) is 13.2 Å². The van der Waals surface area contributed by atoms with E-state index in [1.54, 1.807) is 36.4 Å². The van der Waals surface area contributed by atoms with Crippen molar-refractivity contribution < 1.29 is 17.7 Å². The van der Waals surface area contributed by atoms with Gasteiger partial charge in [-0.2, -0.15) is 18.2 Å². The van der Waals surface area contributed by atoms with Crippen LogP contribution >= 0.6 is 0 Å². The Kier molecular flexibility index (Phi) is 5.78. The first-order chi connectivity index (χ1) is 13.4. The van der Waals surface area contributed by atoms with E-state index in [0.29, 0.717) is 11.4 Å². The quantitative estimate of drug-likeness (QED) is 0.462. The van der Waals surface area contributed by atoms with Crippen LogP contribution in [0, 0.1) is 0 Å². The number of benzene rings is 2. The Hall–Kier alpha value is -3.15. The van der Waals surface area contributed by atoms with E-state index >= 15 is 0 Å². The minimum Gasteiger partial charge on any atom is -0.334 e. The summed E-state index contributed by atoms with van der Waals surface area (Å²) in [6, 6.07) is 12.5. The first kappa shape index (κ1) is 19.6. The molecule has 0 fully saturated rings. The van der Waals surface area contributed by atoms with Gasteiger partial charge in [0.2, 0.25) is 0 Å². The van der Waals surface area contributed by atoms with Crippen molar-refractivity contribution in [3.8, 4) is 22.6 Å². The zero-order valence-electron chi connectivity index (χ0n) is 15.4. The van der Waals surface area contributed by atoms with Crippen molar-refractivity contribution in [2.24, 2.45) is 0 Å². The molecule has 0 bridgehead atoms. The molecule has 3 rings (SSSR count). The van der Waals surface area contributed by atoms with Crippen LogP contribution in [0.3, 0.4) is 0 Å². The van der Waals surface area contributed by atoms with Gasteiger partial charge in [-0.3, -0.25) is 0 Å². The van der Waals surface area contributed by atoms with Gasteiger partial charge in [-0.15, -0.1) is 0 Å². The van der Waals surface area contributed by atoms with E-state index in [0.717, 1.165) is 6.07 Å². The molecule has 0 amide bonds. The van der Waals surface area contributed by atoms with Crippen molar-refractivity contribution in [2.45, 2.75) is 25.9 Å². The van der Waals surface area contributed by atoms with Gasteiger partial charge >= 0.3 is 6.18 Å². The van der Waals surface area contributed by atoms with Crippen molar-refractivity contribution in [1.29, 1.82) is 0 Å². The molecule has 0 N–H and O–H groups in total. The molecule has 3 nitrogen and oxygen atoms in total.